The van der Waals surface area contributed by atoms with Crippen LogP contribution < -0.4 is 10.1 Å². The normalized spacial score (nSPS) is 14.3. The van der Waals surface area contributed by atoms with Gasteiger partial charge in [-0.2, -0.15) is 0 Å². The van der Waals surface area contributed by atoms with E-state index in [2.05, 4.69) is 21.3 Å². The van der Waals surface area contributed by atoms with Gasteiger partial charge in [0.1, 0.15) is 17.4 Å². The molecule has 1 saturated heterocycles. The van der Waals surface area contributed by atoms with Crippen LogP contribution in [0.2, 0.25) is 0 Å². The molecule has 0 atom stereocenters. The van der Waals surface area contributed by atoms with E-state index in [1.807, 2.05) is 18.2 Å². The molecule has 3 heterocycles. The minimum Gasteiger partial charge on any atom is -0.492 e. The van der Waals surface area contributed by atoms with E-state index in [1.54, 1.807) is 24.5 Å². The van der Waals surface area contributed by atoms with E-state index < -0.39 is 0 Å². The summed E-state index contributed by atoms with van der Waals surface area (Å²) < 4.78 is 26.5. The molecule has 0 aliphatic carbocycles. The molecule has 39 heavy (non-hydrogen) atoms. The highest BCUT2D eigenvalue weighted by atomic mass is 19.1. The molecule has 1 aliphatic heterocycles. The van der Waals surface area contributed by atoms with Gasteiger partial charge in [0, 0.05) is 49.2 Å². The van der Waals surface area contributed by atoms with E-state index in [-0.39, 0.29) is 17.6 Å². The third-order valence-corrected chi connectivity index (χ3v) is 6.73. The summed E-state index contributed by atoms with van der Waals surface area (Å²) in [6, 6.07) is 14.3. The molecule has 4 aromatic rings. The van der Waals surface area contributed by atoms with Crippen LogP contribution in [-0.4, -0.2) is 72.2 Å². The van der Waals surface area contributed by atoms with Crippen LogP contribution in [0.4, 0.5) is 4.39 Å². The summed E-state index contributed by atoms with van der Waals surface area (Å²) >= 11 is 0. The van der Waals surface area contributed by atoms with Crippen molar-refractivity contribution in [2.24, 2.45) is 0 Å². The molecule has 0 bridgehead atoms. The molecule has 1 aliphatic rings. The van der Waals surface area contributed by atoms with Crippen molar-refractivity contribution in [2.45, 2.75) is 12.8 Å². The van der Waals surface area contributed by atoms with Gasteiger partial charge in [0.2, 0.25) is 5.91 Å². The number of halogens is 1. The summed E-state index contributed by atoms with van der Waals surface area (Å²) in [6.07, 6.45) is 7.77. The number of pyridine rings is 1. The van der Waals surface area contributed by atoms with Crippen molar-refractivity contribution in [2.75, 3.05) is 46.0 Å². The first-order valence-electron chi connectivity index (χ1n) is 13.2. The predicted molar refractivity (Wildman–Crippen MR) is 150 cm³/mol. The molecule has 9 heteroatoms. The Morgan fingerprint density at radius 2 is 1.97 bits per heavy atom. The number of hydrogen-bond acceptors (Lipinski definition) is 6. The maximum atomic E-state index is 13.6. The minimum atomic E-state index is -0.371. The Hall–Kier alpha value is -4.08. The number of amides is 1. The lowest BCUT2D eigenvalue weighted by Crippen LogP contribution is -2.37. The Balaban J connectivity index is 1.09. The van der Waals surface area contributed by atoms with Crippen molar-refractivity contribution in [1.82, 2.24) is 19.8 Å². The van der Waals surface area contributed by atoms with E-state index >= 15 is 0 Å². The summed E-state index contributed by atoms with van der Waals surface area (Å²) in [5.74, 6) is 0.162. The van der Waals surface area contributed by atoms with Crippen LogP contribution in [0.15, 0.2) is 73.1 Å². The zero-order valence-corrected chi connectivity index (χ0v) is 21.7. The van der Waals surface area contributed by atoms with Gasteiger partial charge in [-0.25, -0.2) is 4.39 Å². The number of morpholine rings is 1. The van der Waals surface area contributed by atoms with E-state index in [9.17, 15) is 9.18 Å². The monoisotopic (exact) mass is 529 g/mol. The quantitative estimate of drug-likeness (QED) is 0.139. The fourth-order valence-corrected chi connectivity index (χ4v) is 4.63. The van der Waals surface area contributed by atoms with E-state index in [1.165, 1.54) is 28.9 Å². The van der Waals surface area contributed by atoms with Crippen molar-refractivity contribution < 1.29 is 18.7 Å². The zero-order chi connectivity index (χ0) is 27.0. The van der Waals surface area contributed by atoms with Crippen LogP contribution in [-0.2, 0) is 16.0 Å². The smallest absolute Gasteiger partial charge is 0.244 e. The SMILES string of the molecule is N=C(/C=C\C(=O)NCCc1ccc2ncc(OCCCN3CCOCC3)cc2c1)n1ccc2ccc(F)cc21. The number of benzene rings is 2. The summed E-state index contributed by atoms with van der Waals surface area (Å²) in [5.41, 5.74) is 2.55. The Morgan fingerprint density at radius 3 is 2.85 bits per heavy atom. The lowest BCUT2D eigenvalue weighted by atomic mass is 10.1. The standard InChI is InChI=1S/C30H32FN5O3/c31-25-4-3-23-9-12-36(28(23)20-25)29(32)6-7-30(37)33-10-8-22-2-5-27-24(18-22)19-26(21-34-27)39-15-1-11-35-13-16-38-17-14-35/h2-7,9,12,18-21,32H,1,8,10-11,13-17H2,(H,33,37)/b7-6-,32-29?. The number of hydrogen-bond donors (Lipinski definition) is 2. The lowest BCUT2D eigenvalue weighted by Gasteiger charge is -2.26. The molecule has 0 radical (unpaired) electrons. The van der Waals surface area contributed by atoms with Gasteiger partial charge in [0.05, 0.1) is 37.1 Å². The van der Waals surface area contributed by atoms with Gasteiger partial charge in [0.25, 0.3) is 0 Å². The van der Waals surface area contributed by atoms with E-state index in [0.717, 1.165) is 66.9 Å². The molecule has 202 valence electrons. The van der Waals surface area contributed by atoms with Crippen molar-refractivity contribution in [3.63, 3.8) is 0 Å². The summed E-state index contributed by atoms with van der Waals surface area (Å²) in [5, 5.41) is 12.9. The van der Waals surface area contributed by atoms with Gasteiger partial charge in [-0.05, 0) is 66.9 Å². The Labute approximate surface area is 226 Å². The van der Waals surface area contributed by atoms with Crippen LogP contribution in [0.1, 0.15) is 12.0 Å². The number of rotatable bonds is 10. The van der Waals surface area contributed by atoms with E-state index in [0.29, 0.717) is 25.1 Å². The highest BCUT2D eigenvalue weighted by molar-refractivity contribution is 6.03. The van der Waals surface area contributed by atoms with Crippen molar-refractivity contribution in [3.05, 3.63) is 84.5 Å². The number of ether oxygens (including phenoxy) is 2. The van der Waals surface area contributed by atoms with Crippen LogP contribution in [0, 0.1) is 11.2 Å². The third kappa shape index (κ3) is 7.07. The summed E-state index contributed by atoms with van der Waals surface area (Å²) in [4.78, 5) is 19.2. The molecule has 5 rings (SSSR count). The maximum Gasteiger partial charge on any atom is 0.244 e. The number of carbonyl (C=O) groups is 1. The molecule has 1 amide bonds. The number of carbonyl (C=O) groups excluding carboxylic acids is 1. The average Bonchev–Trinajstić information content (AvgIpc) is 3.37. The molecule has 1 fully saturated rings. The number of aromatic nitrogens is 2. The number of allylic oxidation sites excluding steroid dienone is 1. The van der Waals surface area contributed by atoms with Crippen LogP contribution in [0.3, 0.4) is 0 Å². The first-order chi connectivity index (χ1) is 19.0. The molecule has 2 N–H and O–H groups in total. The topological polar surface area (TPSA) is 92.5 Å². The van der Waals surface area contributed by atoms with Gasteiger partial charge in [-0.15, -0.1) is 0 Å². The number of nitrogens with zero attached hydrogens (tertiary/aromatic N) is 3. The summed E-state index contributed by atoms with van der Waals surface area (Å²) in [7, 11) is 0. The van der Waals surface area contributed by atoms with Gasteiger partial charge in [-0.3, -0.25) is 20.1 Å². The zero-order valence-electron chi connectivity index (χ0n) is 21.7. The molecule has 2 aromatic heterocycles. The fourth-order valence-electron chi connectivity index (χ4n) is 4.63. The second-order valence-electron chi connectivity index (χ2n) is 9.50. The van der Waals surface area contributed by atoms with Crippen molar-refractivity contribution in [3.8, 4) is 5.75 Å². The molecule has 8 nitrogen and oxygen atoms in total. The van der Waals surface area contributed by atoms with Crippen LogP contribution in [0.5, 0.6) is 5.75 Å². The van der Waals surface area contributed by atoms with E-state index in [4.69, 9.17) is 14.9 Å². The largest absolute Gasteiger partial charge is 0.492 e. The van der Waals surface area contributed by atoms with Gasteiger partial charge < -0.3 is 19.4 Å². The highest BCUT2D eigenvalue weighted by Crippen LogP contribution is 2.20. The Bertz CT molecular complexity index is 1490. The van der Waals surface area contributed by atoms with Gasteiger partial charge in [0.15, 0.2) is 0 Å². The first-order valence-corrected chi connectivity index (χ1v) is 13.2. The average molecular weight is 530 g/mol. The number of fused-ring (bicyclic) bond motifs is 2. The third-order valence-electron chi connectivity index (χ3n) is 6.73. The van der Waals surface area contributed by atoms with Crippen molar-refractivity contribution >= 4 is 33.5 Å². The maximum absolute atomic E-state index is 13.6. The first kappa shape index (κ1) is 26.5. The Kier molecular flexibility index (Phi) is 8.60. The summed E-state index contributed by atoms with van der Waals surface area (Å²) in [6.45, 7) is 5.65. The lowest BCUT2D eigenvalue weighted by molar-refractivity contribution is -0.116. The van der Waals surface area contributed by atoms with Crippen LogP contribution >= 0.6 is 0 Å². The second kappa shape index (κ2) is 12.6. The molecule has 0 saturated carbocycles. The molecular formula is C30H32FN5O3. The number of nitrogens with one attached hydrogen (secondary N) is 2. The molecule has 2 aromatic carbocycles. The van der Waals surface area contributed by atoms with Gasteiger partial charge >= 0.3 is 0 Å². The second-order valence-corrected chi connectivity index (χ2v) is 9.50. The Morgan fingerprint density at radius 1 is 1.10 bits per heavy atom. The van der Waals surface area contributed by atoms with Crippen LogP contribution in [0.25, 0.3) is 21.8 Å². The van der Waals surface area contributed by atoms with Gasteiger partial charge in [-0.1, -0.05) is 6.07 Å². The molecule has 0 unspecified atom stereocenters. The molecule has 0 spiro atoms. The minimum absolute atomic E-state index is 0.0758. The van der Waals surface area contributed by atoms with Crippen molar-refractivity contribution in [1.29, 1.82) is 5.41 Å². The fraction of sp³-hybridized carbons (Fsp3) is 0.300. The predicted octanol–water partition coefficient (Wildman–Crippen LogP) is 4.17. The highest BCUT2D eigenvalue weighted by Gasteiger charge is 2.10. The molecular weight excluding hydrogens is 497 g/mol.